The topological polar surface area (TPSA) is 29.9 Å². The van der Waals surface area contributed by atoms with Crippen molar-refractivity contribution >= 4 is 23.3 Å². The summed E-state index contributed by atoms with van der Waals surface area (Å²) in [5.41, 5.74) is 3.25. The van der Waals surface area contributed by atoms with Gasteiger partial charge in [0.15, 0.2) is 4.77 Å². The fourth-order valence-corrected chi connectivity index (χ4v) is 2.79. The van der Waals surface area contributed by atoms with Crippen molar-refractivity contribution in [2.45, 2.75) is 13.8 Å². The number of benzene rings is 2. The highest BCUT2D eigenvalue weighted by Crippen LogP contribution is 2.27. The van der Waals surface area contributed by atoms with Gasteiger partial charge in [0.1, 0.15) is 17.1 Å². The largest absolute Gasteiger partial charge is 0.492 e. The Bertz CT molecular complexity index is 846. The number of aromatic nitrogens is 2. The third-order valence-corrected chi connectivity index (χ3v) is 3.55. The zero-order chi connectivity index (χ0) is 15.0. The smallest absolute Gasteiger partial charge is 0.182 e. The third kappa shape index (κ3) is 2.45. The highest BCUT2D eigenvalue weighted by Gasteiger charge is 2.11. The predicted octanol–water partition coefficient (Wildman–Crippen LogP) is 4.53. The SMILES string of the molecule is CCOc1cccc2c1[nH]c(=S)n2-c1cc(C)cc(F)c1. The van der Waals surface area contributed by atoms with Crippen LogP contribution in [0.25, 0.3) is 16.7 Å². The molecule has 0 atom stereocenters. The van der Waals surface area contributed by atoms with Crippen LogP contribution in [0.5, 0.6) is 5.75 Å². The van der Waals surface area contributed by atoms with Crippen LogP contribution in [-0.2, 0) is 0 Å². The van der Waals surface area contributed by atoms with E-state index < -0.39 is 0 Å². The standard InChI is InChI=1S/C16H15FN2OS/c1-3-20-14-6-4-5-13-15(14)18-16(21)19(13)12-8-10(2)7-11(17)9-12/h4-9H,3H2,1-2H3,(H,18,21). The number of ether oxygens (including phenoxy) is 1. The van der Waals surface area contributed by atoms with E-state index in [1.54, 1.807) is 0 Å². The number of nitrogens with one attached hydrogen (secondary N) is 1. The Balaban J connectivity index is 2.30. The molecule has 0 bridgehead atoms. The number of halogens is 1. The summed E-state index contributed by atoms with van der Waals surface area (Å²) in [5.74, 6) is 0.468. The molecule has 3 aromatic rings. The first kappa shape index (κ1) is 13.8. The van der Waals surface area contributed by atoms with Gasteiger partial charge in [-0.25, -0.2) is 4.39 Å². The second-order valence-electron chi connectivity index (χ2n) is 4.84. The molecule has 108 valence electrons. The second kappa shape index (κ2) is 5.33. The van der Waals surface area contributed by atoms with Crippen LogP contribution in [0.1, 0.15) is 12.5 Å². The molecule has 0 spiro atoms. The van der Waals surface area contributed by atoms with Gasteiger partial charge in [-0.05, 0) is 62.0 Å². The molecule has 1 aromatic heterocycles. The average molecular weight is 302 g/mol. The number of hydrogen-bond donors (Lipinski definition) is 1. The normalized spacial score (nSPS) is 11.0. The molecular formula is C16H15FN2OS. The van der Waals surface area contributed by atoms with E-state index in [1.807, 2.05) is 42.7 Å². The molecule has 3 nitrogen and oxygen atoms in total. The molecule has 0 unspecified atom stereocenters. The van der Waals surface area contributed by atoms with Gasteiger partial charge < -0.3 is 9.72 Å². The first-order chi connectivity index (χ1) is 10.1. The van der Waals surface area contributed by atoms with Gasteiger partial charge in [0.05, 0.1) is 17.8 Å². The van der Waals surface area contributed by atoms with Crippen molar-refractivity contribution in [2.75, 3.05) is 6.61 Å². The summed E-state index contributed by atoms with van der Waals surface area (Å²) >= 11 is 5.39. The number of para-hydroxylation sites is 1. The molecule has 5 heteroatoms. The van der Waals surface area contributed by atoms with Crippen LogP contribution in [0, 0.1) is 17.5 Å². The Morgan fingerprint density at radius 2 is 2.10 bits per heavy atom. The molecule has 1 N–H and O–H groups in total. The highest BCUT2D eigenvalue weighted by atomic mass is 32.1. The summed E-state index contributed by atoms with van der Waals surface area (Å²) in [6, 6.07) is 10.6. The minimum atomic E-state index is -0.276. The fourth-order valence-electron chi connectivity index (χ4n) is 2.48. The van der Waals surface area contributed by atoms with Crippen molar-refractivity contribution in [2.24, 2.45) is 0 Å². The first-order valence-corrected chi connectivity index (χ1v) is 7.15. The fraction of sp³-hybridized carbons (Fsp3) is 0.188. The van der Waals surface area contributed by atoms with Crippen LogP contribution in [0.15, 0.2) is 36.4 Å². The van der Waals surface area contributed by atoms with Gasteiger partial charge in [0, 0.05) is 0 Å². The Kier molecular flexibility index (Phi) is 3.51. The zero-order valence-electron chi connectivity index (χ0n) is 11.8. The third-order valence-electron chi connectivity index (χ3n) is 3.27. The summed E-state index contributed by atoms with van der Waals surface area (Å²) in [6.07, 6.45) is 0. The Morgan fingerprint density at radius 1 is 1.29 bits per heavy atom. The number of aromatic amines is 1. The van der Waals surface area contributed by atoms with Crippen molar-refractivity contribution in [1.82, 2.24) is 9.55 Å². The molecular weight excluding hydrogens is 287 g/mol. The lowest BCUT2D eigenvalue weighted by atomic mass is 10.2. The number of aryl methyl sites for hydroxylation is 1. The molecule has 0 saturated carbocycles. The monoisotopic (exact) mass is 302 g/mol. The number of rotatable bonds is 3. The van der Waals surface area contributed by atoms with Crippen LogP contribution in [0.2, 0.25) is 0 Å². The molecule has 0 aliphatic heterocycles. The van der Waals surface area contributed by atoms with E-state index in [0.29, 0.717) is 17.1 Å². The van der Waals surface area contributed by atoms with Gasteiger partial charge in [0.25, 0.3) is 0 Å². The number of fused-ring (bicyclic) bond motifs is 1. The van der Waals surface area contributed by atoms with Gasteiger partial charge in [0.2, 0.25) is 0 Å². The summed E-state index contributed by atoms with van der Waals surface area (Å²) < 4.78 is 21.6. The lowest BCUT2D eigenvalue weighted by Crippen LogP contribution is -1.96. The molecule has 0 radical (unpaired) electrons. The lowest BCUT2D eigenvalue weighted by molar-refractivity contribution is 0.343. The molecule has 0 aliphatic carbocycles. The molecule has 2 aromatic carbocycles. The van der Waals surface area contributed by atoms with E-state index in [1.165, 1.54) is 12.1 Å². The van der Waals surface area contributed by atoms with Crippen molar-refractivity contribution in [3.63, 3.8) is 0 Å². The van der Waals surface area contributed by atoms with Crippen molar-refractivity contribution in [3.8, 4) is 11.4 Å². The minimum absolute atomic E-state index is 0.276. The van der Waals surface area contributed by atoms with E-state index in [-0.39, 0.29) is 5.82 Å². The lowest BCUT2D eigenvalue weighted by Gasteiger charge is -2.07. The Morgan fingerprint density at radius 3 is 2.81 bits per heavy atom. The van der Waals surface area contributed by atoms with Gasteiger partial charge in [-0.2, -0.15) is 0 Å². The maximum atomic E-state index is 13.7. The van der Waals surface area contributed by atoms with Crippen molar-refractivity contribution in [1.29, 1.82) is 0 Å². The Labute approximate surface area is 127 Å². The van der Waals surface area contributed by atoms with E-state index in [4.69, 9.17) is 17.0 Å². The summed E-state index contributed by atoms with van der Waals surface area (Å²) in [5, 5.41) is 0. The van der Waals surface area contributed by atoms with Crippen LogP contribution in [-0.4, -0.2) is 16.2 Å². The number of imidazole rings is 1. The van der Waals surface area contributed by atoms with E-state index in [0.717, 1.165) is 22.3 Å². The second-order valence-corrected chi connectivity index (χ2v) is 5.22. The maximum Gasteiger partial charge on any atom is 0.182 e. The van der Waals surface area contributed by atoms with E-state index >= 15 is 0 Å². The molecule has 21 heavy (non-hydrogen) atoms. The van der Waals surface area contributed by atoms with Gasteiger partial charge >= 0.3 is 0 Å². The first-order valence-electron chi connectivity index (χ1n) is 6.74. The van der Waals surface area contributed by atoms with Crippen LogP contribution >= 0.6 is 12.2 Å². The maximum absolute atomic E-state index is 13.7. The van der Waals surface area contributed by atoms with Crippen LogP contribution in [0.3, 0.4) is 0 Å². The average Bonchev–Trinajstić information content (AvgIpc) is 2.75. The summed E-state index contributed by atoms with van der Waals surface area (Å²) in [4.78, 5) is 3.15. The van der Waals surface area contributed by atoms with Gasteiger partial charge in [-0.1, -0.05) is 6.07 Å². The van der Waals surface area contributed by atoms with Gasteiger partial charge in [-0.3, -0.25) is 4.57 Å². The van der Waals surface area contributed by atoms with Crippen LogP contribution in [0.4, 0.5) is 4.39 Å². The molecule has 0 fully saturated rings. The summed E-state index contributed by atoms with van der Waals surface area (Å²) in [7, 11) is 0. The number of H-pyrrole nitrogens is 1. The number of nitrogens with zero attached hydrogens (tertiary/aromatic N) is 1. The molecule has 1 heterocycles. The molecule has 3 rings (SSSR count). The summed E-state index contributed by atoms with van der Waals surface area (Å²) in [6.45, 7) is 4.36. The Hall–Kier alpha value is -2.14. The minimum Gasteiger partial charge on any atom is -0.492 e. The van der Waals surface area contributed by atoms with Crippen LogP contribution < -0.4 is 4.74 Å². The quantitative estimate of drug-likeness (QED) is 0.720. The van der Waals surface area contributed by atoms with E-state index in [2.05, 4.69) is 4.98 Å². The predicted molar refractivity (Wildman–Crippen MR) is 84.3 cm³/mol. The molecule has 0 aliphatic rings. The number of hydrogen-bond acceptors (Lipinski definition) is 2. The van der Waals surface area contributed by atoms with Crippen molar-refractivity contribution < 1.29 is 9.13 Å². The zero-order valence-corrected chi connectivity index (χ0v) is 12.6. The van der Waals surface area contributed by atoms with E-state index in [9.17, 15) is 4.39 Å². The molecule has 0 saturated heterocycles. The van der Waals surface area contributed by atoms with Gasteiger partial charge in [-0.15, -0.1) is 0 Å². The van der Waals surface area contributed by atoms with Crippen molar-refractivity contribution in [3.05, 3.63) is 52.5 Å². The highest BCUT2D eigenvalue weighted by molar-refractivity contribution is 7.71. The molecule has 0 amide bonds.